The lowest BCUT2D eigenvalue weighted by molar-refractivity contribution is -0.143. The normalized spacial score (nSPS) is 6.64. The smallest absolute Gasteiger partial charge is 0.368 e. The number of nitrogens with one attached hydrogen (secondary N) is 2. The molecule has 0 aliphatic rings. The predicted molar refractivity (Wildman–Crippen MR) is 38.8 cm³/mol. The van der Waals surface area contributed by atoms with E-state index < -0.39 is 5.97 Å². The molecule has 0 saturated heterocycles. The van der Waals surface area contributed by atoms with E-state index in [2.05, 4.69) is 23.2 Å². The molecule has 8 heteroatoms. The first-order valence-electron chi connectivity index (χ1n) is 2.14. The first kappa shape index (κ1) is 12.3. The zero-order valence-corrected chi connectivity index (χ0v) is 6.09. The lowest BCUT2D eigenvalue weighted by Gasteiger charge is -1.84. The minimum absolute atomic E-state index is 0.00463. The second kappa shape index (κ2) is 8.59. The molecular formula is C3H6N4O3S. The lowest BCUT2D eigenvalue weighted by Crippen LogP contribution is -2.26. The first-order valence-corrected chi connectivity index (χ1v) is 2.55. The standard InChI is InChI=1S/C2H2O3.CH4N4S/c3-1-2(4)5;2-4-1(6)5-3/h1H,(H,4,5);2H,3H2,(H,5,6). The molecule has 0 rings (SSSR count). The van der Waals surface area contributed by atoms with Crippen molar-refractivity contribution >= 4 is 29.6 Å². The zero-order valence-electron chi connectivity index (χ0n) is 5.27. The summed E-state index contributed by atoms with van der Waals surface area (Å²) < 4.78 is 0. The maximum absolute atomic E-state index is 9.00. The lowest BCUT2D eigenvalue weighted by atomic mass is 10.8. The van der Waals surface area contributed by atoms with E-state index in [1.807, 2.05) is 5.43 Å². The number of thiocarbonyl (C=S) groups is 1. The van der Waals surface area contributed by atoms with Gasteiger partial charge in [0.05, 0.1) is 0 Å². The number of hydrogen-bond donors (Lipinski definition) is 4. The number of aliphatic carboxylic acids is 1. The molecule has 0 aromatic carbocycles. The molecule has 0 heterocycles. The quantitative estimate of drug-likeness (QED) is 0.102. The summed E-state index contributed by atoms with van der Waals surface area (Å²) in [5, 5.41) is 10.1. The summed E-state index contributed by atoms with van der Waals surface area (Å²) in [5.74, 6) is 3.25. The Morgan fingerprint density at radius 3 is 2.18 bits per heavy atom. The number of carbonyl (C=O) groups excluding carboxylic acids is 1. The fourth-order valence-electron chi connectivity index (χ4n) is 0.0323. The number of carboxylic acid groups (broad SMARTS) is 1. The molecular weight excluding hydrogens is 172 g/mol. The highest BCUT2D eigenvalue weighted by Gasteiger charge is 1.80. The number of nitrogens with two attached hydrogens (primary N) is 1. The summed E-state index contributed by atoms with van der Waals surface area (Å²) in [6, 6.07) is 0. The average molecular weight is 178 g/mol. The van der Waals surface area contributed by atoms with Crippen molar-refractivity contribution in [2.24, 2.45) is 11.0 Å². The molecule has 0 aliphatic heterocycles. The zero-order chi connectivity index (χ0) is 9.28. The molecule has 0 bridgehead atoms. The van der Waals surface area contributed by atoms with Gasteiger partial charge in [0.15, 0.2) is 0 Å². The number of hydrazine groups is 1. The Bertz CT molecular complexity index is 170. The van der Waals surface area contributed by atoms with Gasteiger partial charge in [0.2, 0.25) is 11.4 Å². The Kier molecular flexibility index (Phi) is 9.59. The maximum atomic E-state index is 9.00. The Hall–Kier alpha value is -1.41. The van der Waals surface area contributed by atoms with E-state index in [0.29, 0.717) is 0 Å². The van der Waals surface area contributed by atoms with Gasteiger partial charge < -0.3 is 5.11 Å². The molecule has 0 aliphatic carbocycles. The van der Waals surface area contributed by atoms with Gasteiger partial charge in [-0.15, -0.1) is 5.11 Å². The van der Waals surface area contributed by atoms with Crippen molar-refractivity contribution in [1.82, 2.24) is 5.43 Å². The van der Waals surface area contributed by atoms with Gasteiger partial charge in [-0.2, -0.15) is 0 Å². The van der Waals surface area contributed by atoms with Crippen molar-refractivity contribution in [2.75, 3.05) is 0 Å². The van der Waals surface area contributed by atoms with Crippen LogP contribution in [0.1, 0.15) is 0 Å². The second-order valence-corrected chi connectivity index (χ2v) is 1.40. The summed E-state index contributed by atoms with van der Waals surface area (Å²) in [6.45, 7) is 0. The van der Waals surface area contributed by atoms with Gasteiger partial charge >= 0.3 is 5.97 Å². The molecule has 0 fully saturated rings. The molecule has 0 aromatic heterocycles. The van der Waals surface area contributed by atoms with Gasteiger partial charge in [0.1, 0.15) is 0 Å². The van der Waals surface area contributed by atoms with E-state index in [4.69, 9.17) is 20.2 Å². The van der Waals surface area contributed by atoms with Crippen LogP contribution in [0.15, 0.2) is 5.11 Å². The third-order valence-electron chi connectivity index (χ3n) is 0.326. The minimum Gasteiger partial charge on any atom is -0.476 e. The number of aldehydes is 1. The van der Waals surface area contributed by atoms with Gasteiger partial charge in [-0.3, -0.25) is 10.2 Å². The van der Waals surface area contributed by atoms with Crippen LogP contribution in [-0.4, -0.2) is 22.5 Å². The molecule has 7 nitrogen and oxygen atoms in total. The molecule has 0 aromatic rings. The number of rotatable bonds is 1. The number of carboxylic acids is 1. The number of nitrogens with zero attached hydrogens (tertiary/aromatic N) is 1. The van der Waals surface area contributed by atoms with E-state index in [9.17, 15) is 0 Å². The van der Waals surface area contributed by atoms with Crippen LogP contribution in [0.25, 0.3) is 0 Å². The van der Waals surface area contributed by atoms with Crippen LogP contribution < -0.4 is 11.3 Å². The summed E-state index contributed by atoms with van der Waals surface area (Å²) in [6.07, 6.45) is -0.167. The van der Waals surface area contributed by atoms with Crippen LogP contribution >= 0.6 is 12.2 Å². The molecule has 5 N–H and O–H groups in total. The van der Waals surface area contributed by atoms with E-state index in [-0.39, 0.29) is 11.4 Å². The summed E-state index contributed by atoms with van der Waals surface area (Å²) in [4.78, 5) is 17.9. The van der Waals surface area contributed by atoms with Crippen LogP contribution in [-0.2, 0) is 9.59 Å². The van der Waals surface area contributed by atoms with Crippen LogP contribution in [0.3, 0.4) is 0 Å². The fraction of sp³-hybridized carbons (Fsp3) is 0. The number of carbonyl (C=O) groups is 2. The molecule has 0 radical (unpaired) electrons. The Balaban J connectivity index is 0. The summed E-state index contributed by atoms with van der Waals surface area (Å²) in [5.41, 5.74) is 8.14. The number of hydrogen-bond acceptors (Lipinski definition) is 5. The van der Waals surface area contributed by atoms with Crippen molar-refractivity contribution in [1.29, 1.82) is 5.53 Å². The predicted octanol–water partition coefficient (Wildman–Crippen LogP) is -0.965. The highest BCUT2D eigenvalue weighted by atomic mass is 32.1. The highest BCUT2D eigenvalue weighted by Crippen LogP contribution is 1.63. The fourth-order valence-corrected chi connectivity index (χ4v) is 0.0323. The van der Waals surface area contributed by atoms with Gasteiger partial charge in [0, 0.05) is 0 Å². The topological polar surface area (TPSA) is 129 Å². The maximum Gasteiger partial charge on any atom is 0.368 e. The Labute approximate surface area is 67.0 Å². The van der Waals surface area contributed by atoms with Crippen molar-refractivity contribution in [3.63, 3.8) is 0 Å². The molecule has 11 heavy (non-hydrogen) atoms. The average Bonchev–Trinajstić information content (AvgIpc) is 2.04. The van der Waals surface area contributed by atoms with Gasteiger partial charge in [0.25, 0.3) is 0 Å². The SMILES string of the molecule is N=NC(=S)NN.O=CC(=O)O. The third kappa shape index (κ3) is 17.7. The molecule has 0 unspecified atom stereocenters. The van der Waals surface area contributed by atoms with Gasteiger partial charge in [-0.05, 0) is 12.2 Å². The highest BCUT2D eigenvalue weighted by molar-refractivity contribution is 7.80. The third-order valence-corrected chi connectivity index (χ3v) is 0.535. The van der Waals surface area contributed by atoms with E-state index in [0.717, 1.165) is 0 Å². The summed E-state index contributed by atoms with van der Waals surface area (Å²) in [7, 11) is 0. The van der Waals surface area contributed by atoms with Gasteiger partial charge in [-0.25, -0.2) is 16.2 Å². The monoisotopic (exact) mass is 178 g/mol. The van der Waals surface area contributed by atoms with E-state index in [1.165, 1.54) is 0 Å². The van der Waals surface area contributed by atoms with Crippen molar-refractivity contribution < 1.29 is 14.7 Å². The molecule has 0 amide bonds. The molecule has 62 valence electrons. The van der Waals surface area contributed by atoms with E-state index >= 15 is 0 Å². The van der Waals surface area contributed by atoms with Crippen LogP contribution in [0.2, 0.25) is 0 Å². The second-order valence-electron chi connectivity index (χ2n) is 1.02. The summed E-state index contributed by atoms with van der Waals surface area (Å²) >= 11 is 4.27. The van der Waals surface area contributed by atoms with Crippen LogP contribution in [0.5, 0.6) is 0 Å². The Morgan fingerprint density at radius 2 is 2.18 bits per heavy atom. The molecule has 0 atom stereocenters. The van der Waals surface area contributed by atoms with Crippen molar-refractivity contribution in [3.8, 4) is 0 Å². The first-order chi connectivity index (χ1) is 5.08. The largest absolute Gasteiger partial charge is 0.476 e. The Morgan fingerprint density at radius 1 is 1.82 bits per heavy atom. The van der Waals surface area contributed by atoms with Gasteiger partial charge in [-0.1, -0.05) is 0 Å². The van der Waals surface area contributed by atoms with Crippen LogP contribution in [0.4, 0.5) is 0 Å². The van der Waals surface area contributed by atoms with Crippen LogP contribution in [0, 0.1) is 5.53 Å². The van der Waals surface area contributed by atoms with E-state index in [1.54, 1.807) is 0 Å². The van der Waals surface area contributed by atoms with Crippen molar-refractivity contribution in [2.45, 2.75) is 0 Å². The molecule has 0 spiro atoms. The minimum atomic E-state index is -1.43. The van der Waals surface area contributed by atoms with Crippen molar-refractivity contribution in [3.05, 3.63) is 0 Å². The molecule has 0 saturated carbocycles.